The number of carboxylic acid groups (broad SMARTS) is 1. The van der Waals surface area contributed by atoms with Crippen LogP contribution < -0.4 is 19.1 Å². The van der Waals surface area contributed by atoms with Crippen LogP contribution in [0, 0.1) is 12.9 Å². The van der Waals surface area contributed by atoms with Crippen molar-refractivity contribution in [2.75, 3.05) is 77.6 Å². The van der Waals surface area contributed by atoms with Crippen LogP contribution in [0.15, 0.2) is 71.5 Å². The summed E-state index contributed by atoms with van der Waals surface area (Å²) in [5.41, 5.74) is 3.20. The van der Waals surface area contributed by atoms with E-state index in [9.17, 15) is 14.3 Å². The zero-order chi connectivity index (χ0) is 40.9. The topological polar surface area (TPSA) is 149 Å². The monoisotopic (exact) mass is 843 g/mol. The van der Waals surface area contributed by atoms with Crippen LogP contribution in [-0.4, -0.2) is 120 Å². The fourth-order valence-corrected chi connectivity index (χ4v) is 8.45. The number of aliphatic carboxylic acids is 1. The van der Waals surface area contributed by atoms with Crippen LogP contribution in [0.4, 0.5) is 10.3 Å². The number of para-hydroxylation sites is 1. The number of hydrogen-bond donors (Lipinski definition) is 1. The number of ether oxygens (including phenoxy) is 4. The van der Waals surface area contributed by atoms with Crippen LogP contribution in [0.3, 0.4) is 0 Å². The molecule has 1 N–H and O–H groups in total. The maximum atomic E-state index is 14.4. The van der Waals surface area contributed by atoms with Gasteiger partial charge in [0.1, 0.15) is 41.6 Å². The lowest BCUT2D eigenvalue weighted by Crippen LogP contribution is -2.45. The number of furan rings is 1. The Hall–Kier alpha value is -5.39. The first kappa shape index (κ1) is 40.4. The Morgan fingerprint density at radius 2 is 1.80 bits per heavy atom. The minimum atomic E-state index is -1.39. The lowest BCUT2D eigenvalue weighted by atomic mass is 9.97. The van der Waals surface area contributed by atoms with Crippen molar-refractivity contribution < 1.29 is 37.7 Å². The van der Waals surface area contributed by atoms with E-state index >= 15 is 0 Å². The largest absolute Gasteiger partial charge is 0.491 e. The number of aromatic nitrogens is 4. The van der Waals surface area contributed by atoms with E-state index in [0.29, 0.717) is 98.4 Å². The number of thiophene rings is 1. The zero-order valence-electron chi connectivity index (χ0n) is 32.6. The summed E-state index contributed by atoms with van der Waals surface area (Å²) in [6.45, 7) is 9.83. The summed E-state index contributed by atoms with van der Waals surface area (Å²) in [5, 5.41) is 11.4. The van der Waals surface area contributed by atoms with Crippen molar-refractivity contribution in [3.63, 3.8) is 0 Å². The highest BCUT2D eigenvalue weighted by Gasteiger charge is 2.29. The average Bonchev–Trinajstić information content (AvgIpc) is 3.87. The molecule has 8 rings (SSSR count). The van der Waals surface area contributed by atoms with E-state index in [1.807, 2.05) is 25.1 Å². The number of likely N-dealkylation sites (N-methyl/N-ethyl adjacent to an activating group) is 1. The van der Waals surface area contributed by atoms with Gasteiger partial charge in [-0.1, -0.05) is 35.9 Å². The lowest BCUT2D eigenvalue weighted by Gasteiger charge is -2.32. The highest BCUT2D eigenvalue weighted by molar-refractivity contribution is 7.22. The normalized spacial score (nSPS) is 15.7. The first-order valence-electron chi connectivity index (χ1n) is 19.3. The Morgan fingerprint density at radius 1 is 0.983 bits per heavy atom. The van der Waals surface area contributed by atoms with Gasteiger partial charge in [0.15, 0.2) is 0 Å². The van der Waals surface area contributed by atoms with Crippen LogP contribution in [0.5, 0.6) is 17.4 Å². The Morgan fingerprint density at radius 3 is 2.58 bits per heavy atom. The van der Waals surface area contributed by atoms with Gasteiger partial charge < -0.3 is 38.3 Å². The van der Waals surface area contributed by atoms with E-state index < -0.39 is 18.1 Å². The van der Waals surface area contributed by atoms with Crippen molar-refractivity contribution in [1.82, 2.24) is 29.7 Å². The molecule has 2 saturated heterocycles. The molecule has 59 heavy (non-hydrogen) atoms. The van der Waals surface area contributed by atoms with Gasteiger partial charge in [-0.15, -0.1) is 11.3 Å². The summed E-state index contributed by atoms with van der Waals surface area (Å²) >= 11 is 8.24. The standard InChI is InChI=1S/C42H43ClFN7O7S/c1-26-29(7-8-31(37(26)43)55-22-17-50-15-13-49(2)14-16-50)35-36-39(46-25-47-40(36)59-38(35)32-9-10-34(44)57-32)58-33(41(52)53)23-27-5-3-4-6-30(27)56-24-28-11-12-45-42(48-28)51-18-20-54-21-19-51/h3-12,25,33H,13-24H2,1-2H3,(H,52,53)/t33-/m1/s1. The second-order valence-electron chi connectivity index (χ2n) is 14.3. The second kappa shape index (κ2) is 18.3. The number of nitrogens with zero attached hydrogens (tertiary/aromatic N) is 7. The number of anilines is 1. The highest BCUT2D eigenvalue weighted by atomic mass is 35.5. The number of halogens is 2. The first-order valence-corrected chi connectivity index (χ1v) is 20.5. The molecule has 308 valence electrons. The molecule has 2 fully saturated rings. The van der Waals surface area contributed by atoms with E-state index in [-0.39, 0.29) is 24.7 Å². The van der Waals surface area contributed by atoms with Crippen LogP contribution in [0.2, 0.25) is 5.02 Å². The first-order chi connectivity index (χ1) is 28.7. The molecule has 14 nitrogen and oxygen atoms in total. The van der Waals surface area contributed by atoms with Gasteiger partial charge in [-0.05, 0) is 54.9 Å². The van der Waals surface area contributed by atoms with Gasteiger partial charge in [0.25, 0.3) is 6.01 Å². The van der Waals surface area contributed by atoms with Crippen LogP contribution in [-0.2, 0) is 22.6 Å². The van der Waals surface area contributed by atoms with E-state index in [2.05, 4.69) is 41.7 Å². The summed E-state index contributed by atoms with van der Waals surface area (Å²) in [4.78, 5) is 38.7. The predicted molar refractivity (Wildman–Crippen MR) is 221 cm³/mol. The Labute approximate surface area is 349 Å². The minimum absolute atomic E-state index is 0.0324. The van der Waals surface area contributed by atoms with Crippen molar-refractivity contribution in [1.29, 1.82) is 0 Å². The van der Waals surface area contributed by atoms with Gasteiger partial charge in [0.2, 0.25) is 17.9 Å². The minimum Gasteiger partial charge on any atom is -0.491 e. The predicted octanol–water partition coefficient (Wildman–Crippen LogP) is 6.63. The molecule has 0 aliphatic carbocycles. The molecule has 17 heteroatoms. The molecule has 2 aromatic carbocycles. The zero-order valence-corrected chi connectivity index (χ0v) is 34.2. The van der Waals surface area contributed by atoms with Gasteiger partial charge >= 0.3 is 5.97 Å². The fraction of sp³-hybridized carbons (Fsp3) is 0.357. The number of fused-ring (bicyclic) bond motifs is 1. The molecule has 0 radical (unpaired) electrons. The molecule has 0 spiro atoms. The van der Waals surface area contributed by atoms with Gasteiger partial charge in [0, 0.05) is 70.1 Å². The number of benzene rings is 2. The molecule has 2 aliphatic rings. The molecular formula is C42H43ClFN7O7S. The molecule has 4 aromatic heterocycles. The second-order valence-corrected chi connectivity index (χ2v) is 15.7. The van der Waals surface area contributed by atoms with Crippen LogP contribution in [0.25, 0.3) is 32.0 Å². The van der Waals surface area contributed by atoms with Crippen LogP contribution in [0.1, 0.15) is 16.8 Å². The third-order valence-corrected chi connectivity index (χ3v) is 12.0. The molecule has 0 unspecified atom stereocenters. The molecule has 6 aromatic rings. The van der Waals surface area contributed by atoms with Crippen molar-refractivity contribution in [2.45, 2.75) is 26.1 Å². The quantitative estimate of drug-likeness (QED) is 0.118. The van der Waals surface area contributed by atoms with E-state index in [1.54, 1.807) is 30.5 Å². The summed E-state index contributed by atoms with van der Waals surface area (Å²) < 4.78 is 44.0. The molecule has 0 bridgehead atoms. The summed E-state index contributed by atoms with van der Waals surface area (Å²) in [7, 11) is 2.12. The SMILES string of the molecule is Cc1c(-c2c(-c3ccc(F)o3)sc3ncnc(O[C@H](Cc4ccccc4OCc4ccnc(N5CCOCC5)n4)C(=O)O)c23)ccc(OCCN2CCN(C)CC2)c1Cl. The molecule has 0 saturated carbocycles. The number of rotatable bonds is 15. The maximum absolute atomic E-state index is 14.4. The van der Waals surface area contributed by atoms with Crippen molar-refractivity contribution in [3.05, 3.63) is 95.0 Å². The molecule has 2 aliphatic heterocycles. The number of hydrogen-bond acceptors (Lipinski definition) is 14. The number of piperazine rings is 1. The maximum Gasteiger partial charge on any atom is 0.345 e. The number of morpholine rings is 1. The van der Waals surface area contributed by atoms with Crippen LogP contribution >= 0.6 is 22.9 Å². The Balaban J connectivity index is 1.07. The van der Waals surface area contributed by atoms with Gasteiger partial charge in [-0.25, -0.2) is 24.7 Å². The number of carboxylic acids is 1. The smallest absolute Gasteiger partial charge is 0.345 e. The Bertz CT molecular complexity index is 2420. The summed E-state index contributed by atoms with van der Waals surface area (Å²) in [5.74, 6) is 0.700. The molecule has 1 atom stereocenters. The van der Waals surface area contributed by atoms with Crippen molar-refractivity contribution in [2.24, 2.45) is 0 Å². The van der Waals surface area contributed by atoms with Gasteiger partial charge in [-0.2, -0.15) is 4.39 Å². The highest BCUT2D eigenvalue weighted by Crippen LogP contribution is 2.49. The summed E-state index contributed by atoms with van der Waals surface area (Å²) in [6, 6.07) is 14.7. The molecular weight excluding hydrogens is 801 g/mol. The molecule has 6 heterocycles. The molecule has 0 amide bonds. The van der Waals surface area contributed by atoms with Gasteiger partial charge in [-0.3, -0.25) is 4.90 Å². The summed E-state index contributed by atoms with van der Waals surface area (Å²) in [6.07, 6.45) is 1.56. The van der Waals surface area contributed by atoms with Crippen molar-refractivity contribution in [3.8, 4) is 39.1 Å². The average molecular weight is 844 g/mol. The van der Waals surface area contributed by atoms with E-state index in [1.165, 1.54) is 29.8 Å². The third kappa shape index (κ3) is 9.26. The number of carbonyl (C=O) groups is 1. The van der Waals surface area contributed by atoms with Crippen molar-refractivity contribution >= 4 is 45.1 Å². The Kier molecular flexibility index (Phi) is 12.5. The van der Waals surface area contributed by atoms with Gasteiger partial charge in [0.05, 0.1) is 34.2 Å². The van der Waals surface area contributed by atoms with E-state index in [4.69, 9.17) is 35.0 Å². The fourth-order valence-electron chi connectivity index (χ4n) is 7.12. The lowest BCUT2D eigenvalue weighted by molar-refractivity contribution is -0.145. The van der Waals surface area contributed by atoms with E-state index in [0.717, 1.165) is 32.7 Å². The third-order valence-electron chi connectivity index (χ3n) is 10.4.